The number of rotatable bonds is 5. The van der Waals surface area contributed by atoms with Crippen LogP contribution in [0.2, 0.25) is 0 Å². The molecule has 3 rings (SSSR count). The Bertz CT molecular complexity index is 873. The van der Waals surface area contributed by atoms with Gasteiger partial charge in [-0.15, -0.1) is 0 Å². The maximum atomic E-state index is 12.9. The summed E-state index contributed by atoms with van der Waals surface area (Å²) in [5.41, 5.74) is 1.91. The van der Waals surface area contributed by atoms with E-state index in [1.165, 1.54) is 12.1 Å². The number of aromatic nitrogens is 2. The minimum absolute atomic E-state index is 0.0763. The zero-order valence-corrected chi connectivity index (χ0v) is 18.1. The molecule has 2 aromatic rings. The fourth-order valence-electron chi connectivity index (χ4n) is 3.51. The summed E-state index contributed by atoms with van der Waals surface area (Å²) in [4.78, 5) is 16.4. The van der Waals surface area contributed by atoms with Crippen molar-refractivity contribution in [3.8, 4) is 0 Å². The molecule has 0 aliphatic carbocycles. The van der Waals surface area contributed by atoms with E-state index in [2.05, 4.69) is 25.9 Å². The van der Waals surface area contributed by atoms with Crippen LogP contribution in [-0.2, 0) is 24.1 Å². The molecule has 0 saturated carbocycles. The Morgan fingerprint density at radius 3 is 2.45 bits per heavy atom. The quantitative estimate of drug-likeness (QED) is 0.659. The molecule has 2 heterocycles. The van der Waals surface area contributed by atoms with Crippen LogP contribution in [0.3, 0.4) is 0 Å². The molecule has 0 unspecified atom stereocenters. The summed E-state index contributed by atoms with van der Waals surface area (Å²) in [5.74, 6) is 0.0763. The van der Waals surface area contributed by atoms with E-state index in [0.717, 1.165) is 21.9 Å². The van der Waals surface area contributed by atoms with Gasteiger partial charge in [-0.1, -0.05) is 18.2 Å². The van der Waals surface area contributed by atoms with Gasteiger partial charge in [0.25, 0.3) is 0 Å². The first-order valence-electron chi connectivity index (χ1n) is 9.51. The standard InChI is InChI=1S/C20H24BrF3N4O/c1-14-19(21)15(2)28(25-14)7-6-18(29)27-10-8-26(9-11-27)13-16-4-3-5-17(12-16)20(22,23)24/h3-5,12H,6-11,13H2,1-2H3. The van der Waals surface area contributed by atoms with Crippen molar-refractivity contribution < 1.29 is 18.0 Å². The summed E-state index contributed by atoms with van der Waals surface area (Å²) in [7, 11) is 0. The average molecular weight is 473 g/mol. The van der Waals surface area contributed by atoms with Gasteiger partial charge in [0.1, 0.15) is 0 Å². The molecular weight excluding hydrogens is 449 g/mol. The molecule has 0 N–H and O–H groups in total. The summed E-state index contributed by atoms with van der Waals surface area (Å²) in [5, 5.41) is 4.42. The van der Waals surface area contributed by atoms with Gasteiger partial charge in [0.15, 0.2) is 0 Å². The van der Waals surface area contributed by atoms with Gasteiger partial charge >= 0.3 is 6.18 Å². The predicted octanol–water partition coefficient (Wildman–Crippen LogP) is 4.02. The number of alkyl halides is 3. The second-order valence-corrected chi connectivity index (χ2v) is 8.11. The molecule has 1 aliphatic rings. The summed E-state index contributed by atoms with van der Waals surface area (Å²) in [6.45, 7) is 7.31. The number of benzene rings is 1. The molecule has 0 atom stereocenters. The maximum absolute atomic E-state index is 12.9. The van der Waals surface area contributed by atoms with Crippen molar-refractivity contribution in [1.29, 1.82) is 0 Å². The van der Waals surface area contributed by atoms with Gasteiger partial charge in [-0.05, 0) is 41.4 Å². The van der Waals surface area contributed by atoms with Gasteiger partial charge < -0.3 is 4.90 Å². The highest BCUT2D eigenvalue weighted by Gasteiger charge is 2.30. The van der Waals surface area contributed by atoms with E-state index >= 15 is 0 Å². The van der Waals surface area contributed by atoms with Crippen molar-refractivity contribution in [3.05, 3.63) is 51.3 Å². The van der Waals surface area contributed by atoms with E-state index in [9.17, 15) is 18.0 Å². The SMILES string of the molecule is Cc1nn(CCC(=O)N2CCN(Cc3cccc(C(F)(F)F)c3)CC2)c(C)c1Br. The molecule has 5 nitrogen and oxygen atoms in total. The molecule has 1 saturated heterocycles. The number of piperazine rings is 1. The largest absolute Gasteiger partial charge is 0.416 e. The zero-order chi connectivity index (χ0) is 21.2. The molecule has 0 bridgehead atoms. The minimum Gasteiger partial charge on any atom is -0.340 e. The monoisotopic (exact) mass is 472 g/mol. The van der Waals surface area contributed by atoms with Crippen molar-refractivity contribution in [2.75, 3.05) is 26.2 Å². The summed E-state index contributed by atoms with van der Waals surface area (Å²) < 4.78 is 41.4. The van der Waals surface area contributed by atoms with Crippen LogP contribution >= 0.6 is 15.9 Å². The fraction of sp³-hybridized carbons (Fsp3) is 0.500. The lowest BCUT2D eigenvalue weighted by atomic mass is 10.1. The first-order valence-corrected chi connectivity index (χ1v) is 10.3. The van der Waals surface area contributed by atoms with Gasteiger partial charge in [0.05, 0.1) is 22.3 Å². The van der Waals surface area contributed by atoms with Gasteiger partial charge in [0, 0.05) is 44.8 Å². The fourth-order valence-corrected chi connectivity index (χ4v) is 3.80. The lowest BCUT2D eigenvalue weighted by Gasteiger charge is -2.35. The second-order valence-electron chi connectivity index (χ2n) is 7.31. The number of carbonyl (C=O) groups excluding carboxylic acids is 1. The van der Waals surface area contributed by atoms with Crippen molar-refractivity contribution in [1.82, 2.24) is 19.6 Å². The molecule has 1 aromatic carbocycles. The molecule has 1 aliphatic heterocycles. The molecule has 0 spiro atoms. The normalized spacial score (nSPS) is 15.7. The van der Waals surface area contributed by atoms with E-state index in [1.54, 1.807) is 6.07 Å². The Hall–Kier alpha value is -1.87. The number of amides is 1. The lowest BCUT2D eigenvalue weighted by molar-refractivity contribution is -0.137. The van der Waals surface area contributed by atoms with Crippen molar-refractivity contribution >= 4 is 21.8 Å². The highest BCUT2D eigenvalue weighted by Crippen LogP contribution is 2.29. The number of carbonyl (C=O) groups is 1. The molecular formula is C20H24BrF3N4O. The third-order valence-corrected chi connectivity index (χ3v) is 6.36. The number of hydrogen-bond donors (Lipinski definition) is 0. The zero-order valence-electron chi connectivity index (χ0n) is 16.5. The van der Waals surface area contributed by atoms with E-state index in [0.29, 0.717) is 51.3 Å². The maximum Gasteiger partial charge on any atom is 0.416 e. The number of aryl methyl sites for hydroxylation is 2. The smallest absolute Gasteiger partial charge is 0.340 e. The average Bonchev–Trinajstić information content (AvgIpc) is 2.93. The molecule has 29 heavy (non-hydrogen) atoms. The third kappa shape index (κ3) is 5.39. The molecule has 158 valence electrons. The first kappa shape index (κ1) is 21.8. The van der Waals surface area contributed by atoms with Crippen LogP contribution in [0.5, 0.6) is 0 Å². The van der Waals surface area contributed by atoms with E-state index in [1.807, 2.05) is 23.4 Å². The molecule has 1 fully saturated rings. The summed E-state index contributed by atoms with van der Waals surface area (Å²) >= 11 is 3.49. The van der Waals surface area contributed by atoms with Crippen molar-refractivity contribution in [2.45, 2.75) is 39.5 Å². The van der Waals surface area contributed by atoms with Gasteiger partial charge in [-0.25, -0.2) is 0 Å². The molecule has 0 radical (unpaired) electrons. The summed E-state index contributed by atoms with van der Waals surface area (Å²) in [6.07, 6.45) is -3.95. The van der Waals surface area contributed by atoms with Crippen LogP contribution in [0, 0.1) is 13.8 Å². The Labute approximate surface area is 176 Å². The number of hydrogen-bond acceptors (Lipinski definition) is 3. The van der Waals surface area contributed by atoms with Crippen LogP contribution in [-0.4, -0.2) is 51.7 Å². The second kappa shape index (κ2) is 8.87. The van der Waals surface area contributed by atoms with Gasteiger partial charge in [-0.3, -0.25) is 14.4 Å². The lowest BCUT2D eigenvalue weighted by Crippen LogP contribution is -2.48. The molecule has 9 heteroatoms. The van der Waals surface area contributed by atoms with Crippen LogP contribution in [0.1, 0.15) is 28.9 Å². The van der Waals surface area contributed by atoms with E-state index in [4.69, 9.17) is 0 Å². The molecule has 1 amide bonds. The number of halogens is 4. The van der Waals surface area contributed by atoms with Crippen LogP contribution in [0.15, 0.2) is 28.7 Å². The number of nitrogens with zero attached hydrogens (tertiary/aromatic N) is 4. The highest BCUT2D eigenvalue weighted by atomic mass is 79.9. The van der Waals surface area contributed by atoms with E-state index < -0.39 is 11.7 Å². The first-order chi connectivity index (χ1) is 13.6. The topological polar surface area (TPSA) is 41.4 Å². The van der Waals surface area contributed by atoms with E-state index in [-0.39, 0.29) is 5.91 Å². The van der Waals surface area contributed by atoms with Crippen LogP contribution < -0.4 is 0 Å². The highest BCUT2D eigenvalue weighted by molar-refractivity contribution is 9.10. The third-order valence-electron chi connectivity index (χ3n) is 5.22. The van der Waals surface area contributed by atoms with Gasteiger partial charge in [0.2, 0.25) is 5.91 Å². The van der Waals surface area contributed by atoms with Crippen molar-refractivity contribution in [3.63, 3.8) is 0 Å². The Kier molecular flexibility index (Phi) is 6.68. The summed E-state index contributed by atoms with van der Waals surface area (Å²) in [6, 6.07) is 5.43. The minimum atomic E-state index is -4.33. The predicted molar refractivity (Wildman–Crippen MR) is 107 cm³/mol. The Morgan fingerprint density at radius 1 is 1.17 bits per heavy atom. The van der Waals surface area contributed by atoms with Crippen molar-refractivity contribution in [2.24, 2.45) is 0 Å². The van der Waals surface area contributed by atoms with Crippen LogP contribution in [0.25, 0.3) is 0 Å². The molecule has 1 aromatic heterocycles. The Morgan fingerprint density at radius 2 is 1.86 bits per heavy atom. The van der Waals surface area contributed by atoms with Gasteiger partial charge in [-0.2, -0.15) is 18.3 Å². The Balaban J connectivity index is 1.49. The van der Waals surface area contributed by atoms with Crippen LogP contribution in [0.4, 0.5) is 13.2 Å².